The van der Waals surface area contributed by atoms with Crippen molar-refractivity contribution in [2.24, 2.45) is 17.6 Å². The molecule has 1 aromatic heterocycles. The Labute approximate surface area is 114 Å². The van der Waals surface area contributed by atoms with E-state index >= 15 is 0 Å². The van der Waals surface area contributed by atoms with E-state index in [2.05, 4.69) is 14.8 Å². The molecule has 6 nitrogen and oxygen atoms in total. The van der Waals surface area contributed by atoms with Gasteiger partial charge in [0, 0.05) is 26.6 Å². The van der Waals surface area contributed by atoms with Crippen LogP contribution in [0.15, 0.2) is 0 Å². The van der Waals surface area contributed by atoms with Crippen LogP contribution >= 0.6 is 0 Å². The van der Waals surface area contributed by atoms with E-state index in [1.807, 2.05) is 20.9 Å². The van der Waals surface area contributed by atoms with Gasteiger partial charge in [0.05, 0.1) is 12.5 Å². The predicted octanol–water partition coefficient (Wildman–Crippen LogP) is 0.414. The summed E-state index contributed by atoms with van der Waals surface area (Å²) in [7, 11) is 1.81. The zero-order chi connectivity index (χ0) is 14.0. The zero-order valence-electron chi connectivity index (χ0n) is 12.0. The molecule has 1 aliphatic rings. The molecule has 0 saturated carbocycles. The maximum absolute atomic E-state index is 12.3. The van der Waals surface area contributed by atoms with E-state index in [0.29, 0.717) is 13.1 Å². The van der Waals surface area contributed by atoms with Crippen molar-refractivity contribution in [3.05, 3.63) is 11.6 Å². The van der Waals surface area contributed by atoms with Crippen LogP contribution in [0.1, 0.15) is 31.9 Å². The first-order valence-electron chi connectivity index (χ1n) is 6.90. The van der Waals surface area contributed by atoms with Crippen molar-refractivity contribution in [3.8, 4) is 0 Å². The summed E-state index contributed by atoms with van der Waals surface area (Å²) in [5.41, 5.74) is 5.70. The Kier molecular flexibility index (Phi) is 4.19. The minimum atomic E-state index is -0.119. The normalized spacial score (nSPS) is 15.6. The van der Waals surface area contributed by atoms with Gasteiger partial charge in [-0.1, -0.05) is 13.8 Å². The molecular formula is C13H23N5O. The molecule has 1 aliphatic heterocycles. The van der Waals surface area contributed by atoms with Gasteiger partial charge in [0.25, 0.3) is 0 Å². The number of carbonyl (C=O) groups excluding carboxylic acids is 1. The fraction of sp³-hybridized carbons (Fsp3) is 0.769. The smallest absolute Gasteiger partial charge is 0.227 e. The molecule has 0 radical (unpaired) electrons. The first-order chi connectivity index (χ1) is 9.04. The van der Waals surface area contributed by atoms with Gasteiger partial charge in [-0.2, -0.15) is 0 Å². The monoisotopic (exact) mass is 265 g/mol. The molecule has 1 unspecified atom stereocenters. The molecule has 106 valence electrons. The van der Waals surface area contributed by atoms with Crippen molar-refractivity contribution in [1.29, 1.82) is 0 Å². The van der Waals surface area contributed by atoms with Crippen LogP contribution in [0.2, 0.25) is 0 Å². The number of carbonyl (C=O) groups is 1. The quantitative estimate of drug-likeness (QED) is 0.836. The third-order valence-electron chi connectivity index (χ3n) is 3.82. The Morgan fingerprint density at radius 1 is 1.47 bits per heavy atom. The number of nitrogens with two attached hydrogens (primary N) is 1. The second-order valence-electron chi connectivity index (χ2n) is 5.57. The Morgan fingerprint density at radius 3 is 2.84 bits per heavy atom. The van der Waals surface area contributed by atoms with Crippen molar-refractivity contribution in [2.75, 3.05) is 13.6 Å². The van der Waals surface area contributed by atoms with Gasteiger partial charge in [-0.25, -0.2) is 0 Å². The van der Waals surface area contributed by atoms with Crippen molar-refractivity contribution in [1.82, 2.24) is 19.7 Å². The van der Waals surface area contributed by atoms with Crippen molar-refractivity contribution < 1.29 is 4.79 Å². The summed E-state index contributed by atoms with van der Waals surface area (Å²) in [6.45, 7) is 5.91. The van der Waals surface area contributed by atoms with E-state index in [1.165, 1.54) is 0 Å². The summed E-state index contributed by atoms with van der Waals surface area (Å²) in [6, 6.07) is 0. The van der Waals surface area contributed by atoms with Gasteiger partial charge in [0.1, 0.15) is 5.82 Å². The lowest BCUT2D eigenvalue weighted by Crippen LogP contribution is -2.39. The molecule has 0 spiro atoms. The molecule has 2 N–H and O–H groups in total. The van der Waals surface area contributed by atoms with E-state index < -0.39 is 0 Å². The molecule has 0 bridgehead atoms. The van der Waals surface area contributed by atoms with E-state index in [-0.39, 0.29) is 17.7 Å². The third-order valence-corrected chi connectivity index (χ3v) is 3.82. The second kappa shape index (κ2) is 5.69. The fourth-order valence-corrected chi connectivity index (χ4v) is 2.56. The Morgan fingerprint density at radius 2 is 2.21 bits per heavy atom. The van der Waals surface area contributed by atoms with Gasteiger partial charge in [-0.15, -0.1) is 10.2 Å². The van der Waals surface area contributed by atoms with E-state index in [9.17, 15) is 4.79 Å². The minimum absolute atomic E-state index is 0.0906. The van der Waals surface area contributed by atoms with Crippen LogP contribution in [0.5, 0.6) is 0 Å². The van der Waals surface area contributed by atoms with E-state index in [4.69, 9.17) is 5.73 Å². The lowest BCUT2D eigenvalue weighted by Gasteiger charge is -2.25. The highest BCUT2D eigenvalue weighted by Gasteiger charge is 2.26. The van der Waals surface area contributed by atoms with Gasteiger partial charge < -0.3 is 15.2 Å². The number of fused-ring (bicyclic) bond motifs is 1. The van der Waals surface area contributed by atoms with Gasteiger partial charge in [-0.3, -0.25) is 4.79 Å². The summed E-state index contributed by atoms with van der Waals surface area (Å²) in [5, 5.41) is 8.34. The van der Waals surface area contributed by atoms with Crippen LogP contribution in [-0.2, 0) is 24.3 Å². The third kappa shape index (κ3) is 2.78. The van der Waals surface area contributed by atoms with Crippen LogP contribution in [0.3, 0.4) is 0 Å². The lowest BCUT2D eigenvalue weighted by molar-refractivity contribution is -0.135. The largest absolute Gasteiger partial charge is 0.338 e. The van der Waals surface area contributed by atoms with Crippen LogP contribution in [0.4, 0.5) is 0 Å². The molecule has 1 amide bonds. The molecule has 1 aromatic rings. The number of aryl methyl sites for hydroxylation is 1. The van der Waals surface area contributed by atoms with Crippen LogP contribution in [0, 0.1) is 11.8 Å². The lowest BCUT2D eigenvalue weighted by atomic mass is 9.94. The van der Waals surface area contributed by atoms with Crippen LogP contribution in [0.25, 0.3) is 0 Å². The molecular weight excluding hydrogens is 242 g/mol. The Balaban J connectivity index is 2.04. The van der Waals surface area contributed by atoms with Crippen molar-refractivity contribution in [3.63, 3.8) is 0 Å². The van der Waals surface area contributed by atoms with Gasteiger partial charge in [0.15, 0.2) is 5.82 Å². The molecule has 0 aliphatic carbocycles. The average molecular weight is 265 g/mol. The van der Waals surface area contributed by atoms with Crippen LogP contribution < -0.4 is 5.73 Å². The summed E-state index contributed by atoms with van der Waals surface area (Å²) < 4.78 is 2.12. The molecule has 0 aromatic carbocycles. The van der Waals surface area contributed by atoms with Gasteiger partial charge in [-0.05, 0) is 12.3 Å². The standard InChI is InChI=1S/C13H23N5O/c1-9(2)10(7-14)13(19)17(3)8-12-16-15-11-5-4-6-18(11)12/h9-10H,4-8,14H2,1-3H3. The SMILES string of the molecule is CC(C)C(CN)C(=O)N(C)Cc1nnc2n1CCC2. The molecule has 0 saturated heterocycles. The number of amides is 1. The maximum atomic E-state index is 12.3. The first-order valence-corrected chi connectivity index (χ1v) is 6.90. The molecule has 1 atom stereocenters. The number of hydrogen-bond acceptors (Lipinski definition) is 4. The zero-order valence-corrected chi connectivity index (χ0v) is 12.0. The summed E-state index contributed by atoms with van der Waals surface area (Å²) >= 11 is 0. The Bertz CT molecular complexity index is 454. The highest BCUT2D eigenvalue weighted by atomic mass is 16.2. The topological polar surface area (TPSA) is 77.0 Å². The highest BCUT2D eigenvalue weighted by Crippen LogP contribution is 2.17. The number of rotatable bonds is 5. The van der Waals surface area contributed by atoms with E-state index in [0.717, 1.165) is 31.0 Å². The summed E-state index contributed by atoms with van der Waals surface area (Å²) in [6.07, 6.45) is 2.11. The number of aromatic nitrogens is 3. The minimum Gasteiger partial charge on any atom is -0.338 e. The van der Waals surface area contributed by atoms with E-state index in [1.54, 1.807) is 4.90 Å². The molecule has 2 rings (SSSR count). The van der Waals surface area contributed by atoms with Crippen molar-refractivity contribution >= 4 is 5.91 Å². The van der Waals surface area contributed by atoms with Gasteiger partial charge >= 0.3 is 0 Å². The average Bonchev–Trinajstić information content (AvgIpc) is 2.94. The first kappa shape index (κ1) is 14.0. The molecule has 2 heterocycles. The summed E-state index contributed by atoms with van der Waals surface area (Å²) in [5.74, 6) is 2.14. The number of hydrogen-bond donors (Lipinski definition) is 1. The predicted molar refractivity (Wildman–Crippen MR) is 72.2 cm³/mol. The maximum Gasteiger partial charge on any atom is 0.227 e. The Hall–Kier alpha value is -1.43. The summed E-state index contributed by atoms with van der Waals surface area (Å²) in [4.78, 5) is 14.0. The highest BCUT2D eigenvalue weighted by molar-refractivity contribution is 5.79. The van der Waals surface area contributed by atoms with Crippen LogP contribution in [-0.4, -0.2) is 39.2 Å². The molecule has 19 heavy (non-hydrogen) atoms. The molecule has 6 heteroatoms. The fourth-order valence-electron chi connectivity index (χ4n) is 2.56. The molecule has 0 fully saturated rings. The van der Waals surface area contributed by atoms with Gasteiger partial charge in [0.2, 0.25) is 5.91 Å². The van der Waals surface area contributed by atoms with Crippen molar-refractivity contribution in [2.45, 2.75) is 39.8 Å². The number of nitrogens with zero attached hydrogens (tertiary/aromatic N) is 4. The second-order valence-corrected chi connectivity index (χ2v) is 5.57.